The third-order valence-electron chi connectivity index (χ3n) is 2.97. The molecule has 1 aliphatic heterocycles. The fourth-order valence-electron chi connectivity index (χ4n) is 1.95. The Morgan fingerprint density at radius 2 is 2.22 bits per heavy atom. The molecule has 1 aromatic rings. The minimum absolute atomic E-state index is 0.0343. The smallest absolute Gasteiger partial charge is 0.243 e. The summed E-state index contributed by atoms with van der Waals surface area (Å²) >= 11 is 0. The third kappa shape index (κ3) is 3.56. The second kappa shape index (κ2) is 6.16. The molecule has 5 heteroatoms. The number of phenols is 1. The molecule has 1 aromatic carbocycles. The lowest BCUT2D eigenvalue weighted by atomic mass is 9.98. The lowest BCUT2D eigenvalue weighted by Crippen LogP contribution is -2.36. The molecule has 1 amide bonds. The summed E-state index contributed by atoms with van der Waals surface area (Å²) in [7, 11) is 0. The highest BCUT2D eigenvalue weighted by Gasteiger charge is 2.20. The Hall–Kier alpha value is -1.88. The van der Waals surface area contributed by atoms with Crippen molar-refractivity contribution in [2.45, 2.75) is 12.8 Å². The van der Waals surface area contributed by atoms with Gasteiger partial charge in [-0.25, -0.2) is 5.43 Å². The van der Waals surface area contributed by atoms with Crippen molar-refractivity contribution in [3.63, 3.8) is 0 Å². The van der Waals surface area contributed by atoms with Gasteiger partial charge in [0.2, 0.25) is 5.91 Å². The van der Waals surface area contributed by atoms with E-state index in [0.29, 0.717) is 0 Å². The molecule has 0 unspecified atom stereocenters. The summed E-state index contributed by atoms with van der Waals surface area (Å²) in [5.74, 6) is 0.198. The fourth-order valence-corrected chi connectivity index (χ4v) is 1.95. The van der Waals surface area contributed by atoms with Gasteiger partial charge in [0.25, 0.3) is 0 Å². The van der Waals surface area contributed by atoms with E-state index < -0.39 is 0 Å². The van der Waals surface area contributed by atoms with Crippen molar-refractivity contribution in [3.8, 4) is 5.75 Å². The molecule has 2 rings (SSSR count). The van der Waals surface area contributed by atoms with Gasteiger partial charge in [-0.1, -0.05) is 12.1 Å². The number of piperidine rings is 1. The van der Waals surface area contributed by atoms with Crippen LogP contribution in [-0.4, -0.2) is 30.3 Å². The van der Waals surface area contributed by atoms with E-state index in [2.05, 4.69) is 15.8 Å². The number of rotatable bonds is 3. The van der Waals surface area contributed by atoms with Crippen LogP contribution in [0.3, 0.4) is 0 Å². The van der Waals surface area contributed by atoms with E-state index in [9.17, 15) is 9.90 Å². The van der Waals surface area contributed by atoms with Crippen molar-refractivity contribution in [1.29, 1.82) is 0 Å². The van der Waals surface area contributed by atoms with Crippen LogP contribution < -0.4 is 10.7 Å². The fraction of sp³-hybridized carbons (Fsp3) is 0.385. The van der Waals surface area contributed by atoms with Crippen LogP contribution in [-0.2, 0) is 4.79 Å². The molecular weight excluding hydrogens is 230 g/mol. The number of hydrogen-bond acceptors (Lipinski definition) is 4. The molecular formula is C13H17N3O2. The second-order valence-corrected chi connectivity index (χ2v) is 4.35. The van der Waals surface area contributed by atoms with Gasteiger partial charge < -0.3 is 10.4 Å². The highest BCUT2D eigenvalue weighted by molar-refractivity contribution is 5.83. The number of hydrogen-bond donors (Lipinski definition) is 3. The first-order valence-corrected chi connectivity index (χ1v) is 6.08. The number of amides is 1. The van der Waals surface area contributed by atoms with Gasteiger partial charge in [-0.15, -0.1) is 0 Å². The van der Waals surface area contributed by atoms with Gasteiger partial charge in [-0.3, -0.25) is 4.79 Å². The molecule has 96 valence electrons. The Labute approximate surface area is 106 Å². The molecule has 0 saturated carbocycles. The van der Waals surface area contributed by atoms with Crippen molar-refractivity contribution in [1.82, 2.24) is 10.7 Å². The van der Waals surface area contributed by atoms with E-state index in [0.717, 1.165) is 31.5 Å². The topological polar surface area (TPSA) is 73.7 Å². The number of carbonyl (C=O) groups is 1. The van der Waals surface area contributed by atoms with Crippen LogP contribution in [0.25, 0.3) is 0 Å². The van der Waals surface area contributed by atoms with Gasteiger partial charge in [-0.05, 0) is 43.6 Å². The molecule has 1 saturated heterocycles. The minimum atomic E-state index is -0.0343. The Morgan fingerprint density at radius 1 is 1.44 bits per heavy atom. The molecule has 5 nitrogen and oxygen atoms in total. The maximum Gasteiger partial charge on any atom is 0.243 e. The summed E-state index contributed by atoms with van der Waals surface area (Å²) < 4.78 is 0. The van der Waals surface area contributed by atoms with Gasteiger partial charge in [0.1, 0.15) is 5.75 Å². The van der Waals surface area contributed by atoms with E-state index in [1.54, 1.807) is 24.3 Å². The average molecular weight is 247 g/mol. The Kier molecular flexibility index (Phi) is 4.30. The van der Waals surface area contributed by atoms with E-state index in [4.69, 9.17) is 0 Å². The molecule has 1 fully saturated rings. The lowest BCUT2D eigenvalue weighted by molar-refractivity contribution is -0.125. The number of benzene rings is 1. The van der Waals surface area contributed by atoms with E-state index in [1.165, 1.54) is 6.21 Å². The summed E-state index contributed by atoms with van der Waals surface area (Å²) in [6.45, 7) is 1.77. The van der Waals surface area contributed by atoms with Crippen LogP contribution in [0.5, 0.6) is 5.75 Å². The summed E-state index contributed by atoms with van der Waals surface area (Å²) in [5.41, 5.74) is 3.29. The lowest BCUT2D eigenvalue weighted by Gasteiger charge is -2.20. The van der Waals surface area contributed by atoms with Gasteiger partial charge >= 0.3 is 0 Å². The number of phenolic OH excluding ortho intramolecular Hbond substituents is 1. The van der Waals surface area contributed by atoms with Crippen molar-refractivity contribution in [2.75, 3.05) is 13.1 Å². The van der Waals surface area contributed by atoms with Crippen LogP contribution in [0.15, 0.2) is 29.4 Å². The van der Waals surface area contributed by atoms with Gasteiger partial charge in [0, 0.05) is 5.92 Å². The number of aromatic hydroxyl groups is 1. The summed E-state index contributed by atoms with van der Waals surface area (Å²) in [6, 6.07) is 6.70. The normalized spacial score (nSPS) is 16.9. The molecule has 0 aromatic heterocycles. The zero-order valence-corrected chi connectivity index (χ0v) is 10.1. The number of carbonyl (C=O) groups excluding carboxylic acids is 1. The molecule has 3 N–H and O–H groups in total. The average Bonchev–Trinajstić information content (AvgIpc) is 2.40. The van der Waals surface area contributed by atoms with Crippen LogP contribution >= 0.6 is 0 Å². The summed E-state index contributed by atoms with van der Waals surface area (Å²) in [5, 5.41) is 16.4. The maximum absolute atomic E-state index is 11.8. The van der Waals surface area contributed by atoms with E-state index in [1.807, 2.05) is 0 Å². The standard InChI is InChI=1S/C13H17N3O2/c17-12-3-1-2-10(8-12)9-15-16-13(18)11-4-6-14-7-5-11/h1-3,8-9,11,14,17H,4-7H2,(H,16,18)/b15-9+. The predicted molar refractivity (Wildman–Crippen MR) is 69.4 cm³/mol. The predicted octanol–water partition coefficient (Wildman–Crippen LogP) is 0.842. The Morgan fingerprint density at radius 3 is 2.94 bits per heavy atom. The maximum atomic E-state index is 11.8. The zero-order valence-electron chi connectivity index (χ0n) is 10.1. The zero-order chi connectivity index (χ0) is 12.8. The van der Waals surface area contributed by atoms with Gasteiger partial charge in [0.05, 0.1) is 6.21 Å². The van der Waals surface area contributed by atoms with E-state index >= 15 is 0 Å². The van der Waals surface area contributed by atoms with Crippen LogP contribution in [0.4, 0.5) is 0 Å². The molecule has 0 bridgehead atoms. The number of nitrogens with one attached hydrogen (secondary N) is 2. The number of hydrazone groups is 1. The molecule has 0 spiro atoms. The molecule has 18 heavy (non-hydrogen) atoms. The van der Waals surface area contributed by atoms with Crippen LogP contribution in [0, 0.1) is 5.92 Å². The van der Waals surface area contributed by atoms with E-state index in [-0.39, 0.29) is 17.6 Å². The first-order valence-electron chi connectivity index (χ1n) is 6.08. The molecule has 1 aliphatic rings. The Balaban J connectivity index is 1.85. The highest BCUT2D eigenvalue weighted by atomic mass is 16.3. The molecule has 1 heterocycles. The van der Waals surface area contributed by atoms with Gasteiger partial charge in [-0.2, -0.15) is 5.10 Å². The monoisotopic (exact) mass is 247 g/mol. The molecule has 0 aliphatic carbocycles. The van der Waals surface area contributed by atoms with Crippen molar-refractivity contribution in [3.05, 3.63) is 29.8 Å². The van der Waals surface area contributed by atoms with Crippen LogP contribution in [0.2, 0.25) is 0 Å². The van der Waals surface area contributed by atoms with Crippen molar-refractivity contribution >= 4 is 12.1 Å². The number of nitrogens with zero attached hydrogens (tertiary/aromatic N) is 1. The molecule has 0 atom stereocenters. The Bertz CT molecular complexity index is 440. The second-order valence-electron chi connectivity index (χ2n) is 4.35. The SMILES string of the molecule is O=C(N/N=C/c1cccc(O)c1)C1CCNCC1. The first kappa shape index (κ1) is 12.6. The first-order chi connectivity index (χ1) is 8.75. The summed E-state index contributed by atoms with van der Waals surface area (Å²) in [6.07, 6.45) is 3.24. The van der Waals surface area contributed by atoms with Crippen molar-refractivity contribution in [2.24, 2.45) is 11.0 Å². The molecule has 0 radical (unpaired) electrons. The van der Waals surface area contributed by atoms with Crippen molar-refractivity contribution < 1.29 is 9.90 Å². The quantitative estimate of drug-likeness (QED) is 0.547. The summed E-state index contributed by atoms with van der Waals surface area (Å²) in [4.78, 5) is 11.8. The van der Waals surface area contributed by atoms with Crippen LogP contribution in [0.1, 0.15) is 18.4 Å². The third-order valence-corrected chi connectivity index (χ3v) is 2.97. The van der Waals surface area contributed by atoms with Gasteiger partial charge in [0.15, 0.2) is 0 Å². The minimum Gasteiger partial charge on any atom is -0.508 e. The largest absolute Gasteiger partial charge is 0.508 e. The highest BCUT2D eigenvalue weighted by Crippen LogP contribution is 2.11.